The molecule has 1 aromatic carbocycles. The first-order chi connectivity index (χ1) is 18.3. The zero-order valence-electron chi connectivity index (χ0n) is 24.0. The number of hydrogen-bond donors (Lipinski definition) is 2. The Kier molecular flexibility index (Phi) is 7.48. The molecule has 0 saturated heterocycles. The lowest BCUT2D eigenvalue weighted by molar-refractivity contribution is -0.125. The van der Waals surface area contributed by atoms with Crippen LogP contribution in [-0.2, 0) is 29.8 Å². The molecule has 4 fully saturated rings. The van der Waals surface area contributed by atoms with Crippen LogP contribution in [0.3, 0.4) is 0 Å². The van der Waals surface area contributed by atoms with Gasteiger partial charge >= 0.3 is 0 Å². The Balaban J connectivity index is 0.00000181. The summed E-state index contributed by atoms with van der Waals surface area (Å²) in [5.74, 6) is -1.80. The van der Waals surface area contributed by atoms with E-state index in [-0.39, 0.29) is 23.4 Å². The number of Topliss-reactive ketones (excluding diaryl/α,β-unsaturated/α-hetero) is 2. The third-order valence-corrected chi connectivity index (χ3v) is 12.2. The zero-order chi connectivity index (χ0) is 30.1. The summed E-state index contributed by atoms with van der Waals surface area (Å²) in [6, 6.07) is 7.33. The molecule has 40 heavy (non-hydrogen) atoms. The van der Waals surface area contributed by atoms with Gasteiger partial charge in [0, 0.05) is 11.1 Å². The van der Waals surface area contributed by atoms with E-state index in [1.807, 2.05) is 65.8 Å². The second-order valence-electron chi connectivity index (χ2n) is 12.8. The molecule has 0 aliphatic heterocycles. The highest BCUT2D eigenvalue weighted by atomic mass is 32.2. The van der Waals surface area contributed by atoms with E-state index in [4.69, 9.17) is 0 Å². The zero-order valence-corrected chi connectivity index (χ0v) is 25.7. The monoisotopic (exact) mass is 592 g/mol. The molecule has 4 bridgehead atoms. The van der Waals surface area contributed by atoms with Crippen LogP contribution in [0.25, 0.3) is 12.2 Å². The number of benzene rings is 1. The van der Waals surface area contributed by atoms with Gasteiger partial charge in [-0.25, -0.2) is 0 Å². The highest BCUT2D eigenvalue weighted by molar-refractivity contribution is 7.86. The number of hydrogen-bond acceptors (Lipinski definition) is 6. The molecule has 4 saturated carbocycles. The van der Waals surface area contributed by atoms with Crippen molar-refractivity contribution < 1.29 is 35.5 Å². The van der Waals surface area contributed by atoms with Crippen LogP contribution in [0.4, 0.5) is 0 Å². The highest BCUT2D eigenvalue weighted by Gasteiger charge is 2.68. The van der Waals surface area contributed by atoms with E-state index >= 15 is 0 Å². The van der Waals surface area contributed by atoms with Crippen LogP contribution in [-0.4, -0.2) is 49.0 Å². The molecule has 0 spiro atoms. The quantitative estimate of drug-likeness (QED) is 0.336. The number of ketones is 2. The molecule has 10 heteroatoms. The van der Waals surface area contributed by atoms with E-state index in [1.165, 1.54) is 0 Å². The fourth-order valence-corrected chi connectivity index (χ4v) is 10.8. The largest absolute Gasteiger partial charge is 0.294 e. The minimum Gasteiger partial charge on any atom is -0.294 e. The maximum absolute atomic E-state index is 13.4. The Labute approximate surface area is 237 Å². The van der Waals surface area contributed by atoms with Crippen LogP contribution >= 0.6 is 0 Å². The third kappa shape index (κ3) is 4.55. The van der Waals surface area contributed by atoms with Gasteiger partial charge in [-0.15, -0.1) is 0 Å². The average Bonchev–Trinajstić information content (AvgIpc) is 3.34. The van der Waals surface area contributed by atoms with E-state index in [0.29, 0.717) is 36.8 Å². The van der Waals surface area contributed by atoms with Gasteiger partial charge in [-0.3, -0.25) is 18.7 Å². The van der Waals surface area contributed by atoms with Crippen LogP contribution in [0.5, 0.6) is 0 Å². The number of allylic oxidation sites excluding steroid dienone is 2. The number of carbonyl (C=O) groups is 2. The lowest BCUT2D eigenvalue weighted by atomic mass is 9.70. The molecule has 0 heterocycles. The van der Waals surface area contributed by atoms with Crippen LogP contribution < -0.4 is 0 Å². The molecular formula is C30H40O8S2. The summed E-state index contributed by atoms with van der Waals surface area (Å²) < 4.78 is 66.1. The second-order valence-corrected chi connectivity index (χ2v) is 15.7. The summed E-state index contributed by atoms with van der Waals surface area (Å²) in [6.07, 6.45) is 5.80. The van der Waals surface area contributed by atoms with Gasteiger partial charge in [-0.05, 0) is 71.6 Å². The van der Waals surface area contributed by atoms with Crippen molar-refractivity contribution in [2.75, 3.05) is 11.5 Å². The molecule has 0 radical (unpaired) electrons. The molecule has 2 N–H and O–H groups in total. The normalized spacial score (nSPS) is 34.0. The van der Waals surface area contributed by atoms with E-state index < -0.39 is 53.4 Å². The van der Waals surface area contributed by atoms with Crippen molar-refractivity contribution in [3.63, 3.8) is 0 Å². The fourth-order valence-electron chi connectivity index (χ4n) is 8.23. The number of fused-ring (bicyclic) bond motifs is 4. The lowest BCUT2D eigenvalue weighted by Crippen LogP contribution is -2.42. The molecule has 4 aliphatic carbocycles. The smallest absolute Gasteiger partial charge is 0.265 e. The Morgan fingerprint density at radius 1 is 0.700 bits per heavy atom. The Bertz CT molecular complexity index is 1400. The van der Waals surface area contributed by atoms with Gasteiger partial charge in [-0.2, -0.15) is 16.8 Å². The lowest BCUT2D eigenvalue weighted by Gasteiger charge is -2.34. The summed E-state index contributed by atoms with van der Waals surface area (Å²) >= 11 is 0. The molecule has 8 nitrogen and oxygen atoms in total. The van der Waals surface area contributed by atoms with Crippen molar-refractivity contribution in [2.45, 2.75) is 67.2 Å². The molecule has 4 atom stereocenters. The van der Waals surface area contributed by atoms with Gasteiger partial charge in [-0.1, -0.05) is 65.8 Å². The first-order valence-electron chi connectivity index (χ1n) is 13.9. The molecule has 4 unspecified atom stereocenters. The third-order valence-electron chi connectivity index (χ3n) is 10.5. The maximum atomic E-state index is 13.4. The van der Waals surface area contributed by atoms with Gasteiger partial charge in [0.25, 0.3) is 20.2 Å². The van der Waals surface area contributed by atoms with Crippen molar-refractivity contribution in [3.05, 3.63) is 46.5 Å². The Morgan fingerprint density at radius 3 is 1.27 bits per heavy atom. The number of carbonyl (C=O) groups excluding carboxylic acids is 2. The SMILES string of the molecule is CC.CC1(C)C2CCC1(CS(=O)(=O)O)C(=O)/C2=C/c1ccc(/C=C2/C(=O)C3(CS(=O)(=O)O)CCC2C3(C)C)cc1. The molecular weight excluding hydrogens is 552 g/mol. The molecule has 0 amide bonds. The molecule has 220 valence electrons. The van der Waals surface area contributed by atoms with Crippen molar-refractivity contribution >= 4 is 44.0 Å². The van der Waals surface area contributed by atoms with E-state index in [1.54, 1.807) is 12.2 Å². The minimum atomic E-state index is -4.33. The number of rotatable bonds is 6. The van der Waals surface area contributed by atoms with Gasteiger partial charge in [0.2, 0.25) is 0 Å². The summed E-state index contributed by atoms with van der Waals surface area (Å²) in [6.45, 7) is 11.6. The van der Waals surface area contributed by atoms with E-state index in [2.05, 4.69) is 0 Å². The van der Waals surface area contributed by atoms with Crippen LogP contribution in [0.1, 0.15) is 78.4 Å². The Hall–Kier alpha value is -2.14. The minimum absolute atomic E-state index is 0.105. The summed E-state index contributed by atoms with van der Waals surface area (Å²) in [5.41, 5.74) is -0.762. The van der Waals surface area contributed by atoms with Crippen molar-refractivity contribution in [3.8, 4) is 0 Å². The standard InChI is InChI=1S/C28H34O8S2.C2H6/c1-25(2)21-9-11-27(25,15-37(31,32)33)23(29)19(21)13-17-5-7-18(8-6-17)14-20-22-10-12-28(24(20)30,26(22,3)4)16-38(34,35)36;1-2/h5-8,13-14,21-22H,9-12,15-16H2,1-4H3,(H,31,32,33)(H,34,35,36);1-2H3/b19-13+,20-14+;. The van der Waals surface area contributed by atoms with E-state index in [9.17, 15) is 35.5 Å². The topological polar surface area (TPSA) is 143 Å². The predicted octanol–water partition coefficient (Wildman–Crippen LogP) is 5.27. The van der Waals surface area contributed by atoms with Gasteiger partial charge in [0.15, 0.2) is 11.6 Å². The predicted molar refractivity (Wildman–Crippen MR) is 154 cm³/mol. The van der Waals surface area contributed by atoms with Gasteiger partial charge in [0.1, 0.15) is 0 Å². The molecule has 4 aliphatic rings. The summed E-state index contributed by atoms with van der Waals surface area (Å²) in [5, 5.41) is 0. The van der Waals surface area contributed by atoms with Gasteiger partial charge < -0.3 is 0 Å². The van der Waals surface area contributed by atoms with Crippen molar-refractivity contribution in [1.82, 2.24) is 0 Å². The molecule has 0 aromatic heterocycles. The summed E-state index contributed by atoms with van der Waals surface area (Å²) in [4.78, 5) is 26.9. The average molecular weight is 593 g/mol. The Morgan fingerprint density at radius 2 is 1.00 bits per heavy atom. The van der Waals surface area contributed by atoms with Crippen LogP contribution in [0.2, 0.25) is 0 Å². The van der Waals surface area contributed by atoms with Crippen LogP contribution in [0, 0.1) is 33.5 Å². The first-order valence-corrected chi connectivity index (χ1v) is 17.1. The summed E-state index contributed by atoms with van der Waals surface area (Å²) in [7, 11) is -8.66. The fraction of sp³-hybridized carbons (Fsp3) is 0.600. The molecule has 5 rings (SSSR count). The maximum Gasteiger partial charge on any atom is 0.265 e. The first kappa shape index (κ1) is 30.8. The highest BCUT2D eigenvalue weighted by Crippen LogP contribution is 2.67. The second kappa shape index (κ2) is 9.71. The van der Waals surface area contributed by atoms with Crippen molar-refractivity contribution in [1.29, 1.82) is 0 Å². The van der Waals surface area contributed by atoms with Gasteiger partial charge in [0.05, 0.1) is 22.3 Å². The molecule has 1 aromatic rings. The van der Waals surface area contributed by atoms with E-state index in [0.717, 1.165) is 11.1 Å². The van der Waals surface area contributed by atoms with Crippen molar-refractivity contribution in [2.24, 2.45) is 33.5 Å². The van der Waals surface area contributed by atoms with Crippen LogP contribution in [0.15, 0.2) is 35.4 Å².